The third kappa shape index (κ3) is 6.98. The molecule has 0 radical (unpaired) electrons. The number of rotatable bonds is 9. The summed E-state index contributed by atoms with van der Waals surface area (Å²) in [5, 5.41) is 9.90. The zero-order chi connectivity index (χ0) is 28.2. The highest BCUT2D eigenvalue weighted by atomic mass is 32.2. The van der Waals surface area contributed by atoms with Crippen LogP contribution in [-0.2, 0) is 16.6 Å². The Bertz CT molecular complexity index is 1380. The summed E-state index contributed by atoms with van der Waals surface area (Å²) in [5.41, 5.74) is 2.65. The first kappa shape index (κ1) is 28.6. The standard InChI is InChI=1S/C30H37N3O5S/c1-21-10-13-26(14-11-21)39(36,37)31-25-12-15-28-27(16-25)30(35)33(23(3)20-34)17-22(2)29(38-28)19-32(4)18-24-8-6-5-7-9-24/h5-16,22-23,29,31,34H,17-20H2,1-4H3/t22-,23+,29-/m1/s1. The lowest BCUT2D eigenvalue weighted by Gasteiger charge is -2.38. The van der Waals surface area contributed by atoms with Crippen molar-refractivity contribution < 1.29 is 23.1 Å². The molecule has 0 aromatic heterocycles. The predicted molar refractivity (Wildman–Crippen MR) is 152 cm³/mol. The molecular formula is C30H37N3O5S. The highest BCUT2D eigenvalue weighted by molar-refractivity contribution is 7.92. The second-order valence-corrected chi connectivity index (χ2v) is 12.1. The van der Waals surface area contributed by atoms with Gasteiger partial charge in [-0.2, -0.15) is 0 Å². The molecule has 0 saturated carbocycles. The number of likely N-dealkylation sites (N-methyl/N-ethyl adjacent to an activating group) is 1. The van der Waals surface area contributed by atoms with E-state index < -0.39 is 16.1 Å². The van der Waals surface area contributed by atoms with Crippen LogP contribution in [0, 0.1) is 12.8 Å². The molecule has 0 aliphatic carbocycles. The van der Waals surface area contributed by atoms with Gasteiger partial charge in [-0.25, -0.2) is 8.42 Å². The van der Waals surface area contributed by atoms with Crippen LogP contribution in [0.2, 0.25) is 0 Å². The summed E-state index contributed by atoms with van der Waals surface area (Å²) >= 11 is 0. The van der Waals surface area contributed by atoms with Crippen molar-refractivity contribution in [3.8, 4) is 5.75 Å². The van der Waals surface area contributed by atoms with Crippen LogP contribution < -0.4 is 9.46 Å². The third-order valence-electron chi connectivity index (χ3n) is 7.04. The fourth-order valence-electron chi connectivity index (χ4n) is 4.70. The van der Waals surface area contributed by atoms with Gasteiger partial charge in [0.1, 0.15) is 11.9 Å². The number of aliphatic hydroxyl groups excluding tert-OH is 1. The van der Waals surface area contributed by atoms with Crippen LogP contribution in [-0.4, -0.2) is 68.1 Å². The summed E-state index contributed by atoms with van der Waals surface area (Å²) in [6.07, 6.45) is -0.242. The van der Waals surface area contributed by atoms with Crippen molar-refractivity contribution in [1.29, 1.82) is 0 Å². The van der Waals surface area contributed by atoms with Gasteiger partial charge >= 0.3 is 0 Å². The smallest absolute Gasteiger partial charge is 0.261 e. The lowest BCUT2D eigenvalue weighted by Crippen LogP contribution is -2.49. The molecule has 8 nitrogen and oxygen atoms in total. The molecule has 0 unspecified atom stereocenters. The first-order valence-corrected chi connectivity index (χ1v) is 14.6. The zero-order valence-electron chi connectivity index (χ0n) is 22.9. The van der Waals surface area contributed by atoms with E-state index in [4.69, 9.17) is 4.74 Å². The number of fused-ring (bicyclic) bond motifs is 1. The van der Waals surface area contributed by atoms with E-state index in [1.54, 1.807) is 48.2 Å². The van der Waals surface area contributed by atoms with Crippen molar-refractivity contribution in [2.24, 2.45) is 5.92 Å². The predicted octanol–water partition coefficient (Wildman–Crippen LogP) is 4.15. The number of carbonyl (C=O) groups excluding carboxylic acids is 1. The van der Waals surface area contributed by atoms with Gasteiger partial charge in [0.15, 0.2) is 0 Å². The first-order valence-electron chi connectivity index (χ1n) is 13.1. The van der Waals surface area contributed by atoms with Gasteiger partial charge in [0.05, 0.1) is 23.1 Å². The van der Waals surface area contributed by atoms with E-state index in [2.05, 4.69) is 21.8 Å². The average Bonchev–Trinajstić information content (AvgIpc) is 2.91. The van der Waals surface area contributed by atoms with Crippen LogP contribution in [0.5, 0.6) is 5.75 Å². The highest BCUT2D eigenvalue weighted by Crippen LogP contribution is 2.31. The number of hydrogen-bond donors (Lipinski definition) is 2. The number of benzene rings is 3. The molecule has 0 bridgehead atoms. The van der Waals surface area contributed by atoms with E-state index in [9.17, 15) is 18.3 Å². The molecule has 3 atom stereocenters. The Hall–Kier alpha value is -3.40. The molecule has 0 spiro atoms. The molecule has 1 aliphatic heterocycles. The quantitative estimate of drug-likeness (QED) is 0.415. The van der Waals surface area contributed by atoms with Crippen molar-refractivity contribution >= 4 is 21.6 Å². The number of nitrogens with one attached hydrogen (secondary N) is 1. The van der Waals surface area contributed by atoms with Gasteiger partial charge in [-0.1, -0.05) is 55.0 Å². The van der Waals surface area contributed by atoms with E-state index >= 15 is 0 Å². The van der Waals surface area contributed by atoms with Crippen LogP contribution in [0.3, 0.4) is 0 Å². The van der Waals surface area contributed by atoms with Crippen molar-refractivity contribution in [3.63, 3.8) is 0 Å². The fourth-order valence-corrected chi connectivity index (χ4v) is 5.75. The maximum atomic E-state index is 13.7. The normalized spacial score (nSPS) is 18.6. The van der Waals surface area contributed by atoms with Crippen LogP contribution in [0.4, 0.5) is 5.69 Å². The minimum atomic E-state index is -3.85. The number of sulfonamides is 1. The molecule has 1 aliphatic rings. The van der Waals surface area contributed by atoms with E-state index in [1.165, 1.54) is 11.6 Å². The molecule has 3 aromatic rings. The molecule has 0 fully saturated rings. The van der Waals surface area contributed by atoms with Gasteiger partial charge in [0.2, 0.25) is 0 Å². The molecule has 208 valence electrons. The zero-order valence-corrected chi connectivity index (χ0v) is 23.7. The van der Waals surface area contributed by atoms with Crippen LogP contribution in [0.25, 0.3) is 0 Å². The number of carbonyl (C=O) groups is 1. The monoisotopic (exact) mass is 551 g/mol. The summed E-state index contributed by atoms with van der Waals surface area (Å²) in [7, 11) is -1.82. The molecule has 1 heterocycles. The maximum absolute atomic E-state index is 13.7. The Balaban J connectivity index is 1.63. The topological polar surface area (TPSA) is 99.2 Å². The number of ether oxygens (including phenoxy) is 1. The minimum absolute atomic E-state index is 0.0194. The highest BCUT2D eigenvalue weighted by Gasteiger charge is 2.33. The Morgan fingerprint density at radius 1 is 1.10 bits per heavy atom. The van der Waals surface area contributed by atoms with Gasteiger partial charge in [-0.3, -0.25) is 14.4 Å². The maximum Gasteiger partial charge on any atom is 0.261 e. The van der Waals surface area contributed by atoms with Gasteiger partial charge in [-0.05, 0) is 56.8 Å². The first-order chi connectivity index (χ1) is 18.6. The van der Waals surface area contributed by atoms with E-state index in [0.717, 1.165) is 12.1 Å². The molecule has 1 amide bonds. The number of aryl methyl sites for hydroxylation is 1. The number of nitrogens with zero attached hydrogens (tertiary/aromatic N) is 2. The number of aliphatic hydroxyl groups is 1. The van der Waals surface area contributed by atoms with Crippen molar-refractivity contribution in [1.82, 2.24) is 9.80 Å². The summed E-state index contributed by atoms with van der Waals surface area (Å²) in [6.45, 7) is 7.30. The molecule has 39 heavy (non-hydrogen) atoms. The lowest BCUT2D eigenvalue weighted by atomic mass is 9.99. The SMILES string of the molecule is Cc1ccc(S(=O)(=O)Nc2ccc3c(c2)C(=O)N([C@@H](C)CO)C[C@@H](C)[C@@H](CN(C)Cc2ccccc2)O3)cc1. The van der Waals surface area contributed by atoms with Crippen LogP contribution in [0.1, 0.15) is 35.3 Å². The molecule has 4 rings (SSSR count). The molecular weight excluding hydrogens is 514 g/mol. The third-order valence-corrected chi connectivity index (χ3v) is 8.43. The van der Waals surface area contributed by atoms with Crippen molar-refractivity contribution in [2.45, 2.75) is 44.4 Å². The minimum Gasteiger partial charge on any atom is -0.488 e. The van der Waals surface area contributed by atoms with Crippen molar-refractivity contribution in [3.05, 3.63) is 89.5 Å². The Labute approximate surface area is 231 Å². The summed E-state index contributed by atoms with van der Waals surface area (Å²) in [4.78, 5) is 17.6. The van der Waals surface area contributed by atoms with E-state index in [0.29, 0.717) is 18.8 Å². The number of anilines is 1. The van der Waals surface area contributed by atoms with E-state index in [1.807, 2.05) is 39.1 Å². The summed E-state index contributed by atoms with van der Waals surface area (Å²) in [6, 6.07) is 21.1. The van der Waals surface area contributed by atoms with Crippen molar-refractivity contribution in [2.75, 3.05) is 31.5 Å². The van der Waals surface area contributed by atoms with E-state index in [-0.39, 0.29) is 40.7 Å². The van der Waals surface area contributed by atoms with Gasteiger partial charge in [-0.15, -0.1) is 0 Å². The lowest BCUT2D eigenvalue weighted by molar-refractivity contribution is 0.0341. The summed E-state index contributed by atoms with van der Waals surface area (Å²) in [5.74, 6) is 0.0537. The molecule has 3 aromatic carbocycles. The average molecular weight is 552 g/mol. The number of amides is 1. The Kier molecular flexibility index (Phi) is 8.94. The van der Waals surface area contributed by atoms with Crippen LogP contribution in [0.15, 0.2) is 77.7 Å². The Morgan fingerprint density at radius 2 is 1.79 bits per heavy atom. The second-order valence-electron chi connectivity index (χ2n) is 10.4. The largest absolute Gasteiger partial charge is 0.488 e. The van der Waals surface area contributed by atoms with Crippen LogP contribution >= 0.6 is 0 Å². The molecule has 9 heteroatoms. The molecule has 0 saturated heterocycles. The van der Waals surface area contributed by atoms with Gasteiger partial charge < -0.3 is 14.7 Å². The van der Waals surface area contributed by atoms with Gasteiger partial charge in [0.25, 0.3) is 15.9 Å². The summed E-state index contributed by atoms with van der Waals surface area (Å²) < 4.78 is 35.0. The fraction of sp³-hybridized carbons (Fsp3) is 0.367. The number of hydrogen-bond acceptors (Lipinski definition) is 6. The van der Waals surface area contributed by atoms with Gasteiger partial charge in [0, 0.05) is 31.2 Å². The second kappa shape index (κ2) is 12.2. The molecule has 2 N–H and O–H groups in total. The Morgan fingerprint density at radius 3 is 2.46 bits per heavy atom.